The fraction of sp³-hybridized carbons (Fsp3) is 0.100. The Morgan fingerprint density at radius 3 is 2.73 bits per heavy atom. The Kier molecular flexibility index (Phi) is 5.76. The Morgan fingerprint density at radius 2 is 1.96 bits per heavy atom. The highest BCUT2D eigenvalue weighted by Gasteiger charge is 2.11. The minimum Gasteiger partial charge on any atom is -0.496 e. The highest BCUT2D eigenvalue weighted by Crippen LogP contribution is 2.28. The third-order valence-electron chi connectivity index (χ3n) is 3.52. The maximum absolute atomic E-state index is 12.2. The molecule has 0 radical (unpaired) electrons. The number of hydrazone groups is 1. The number of nitrogens with one attached hydrogen (secondary N) is 1. The highest BCUT2D eigenvalue weighted by atomic mass is 32.2. The van der Waals surface area contributed by atoms with Gasteiger partial charge in [-0.25, -0.2) is 5.43 Å². The zero-order valence-corrected chi connectivity index (χ0v) is 15.2. The first-order chi connectivity index (χ1) is 12.7. The van der Waals surface area contributed by atoms with Gasteiger partial charge in [-0.05, 0) is 48.9 Å². The number of aryl methyl sites for hydroxylation is 1. The largest absolute Gasteiger partial charge is 0.496 e. The fourth-order valence-corrected chi connectivity index (χ4v) is 3.06. The van der Waals surface area contributed by atoms with Crippen molar-refractivity contribution >= 4 is 23.9 Å². The normalized spacial score (nSPS) is 10.8. The number of methoxy groups -OCH3 is 1. The lowest BCUT2D eigenvalue weighted by Gasteiger charge is -2.07. The van der Waals surface area contributed by atoms with E-state index >= 15 is 0 Å². The molecule has 0 saturated heterocycles. The molecule has 1 heterocycles. The molecule has 0 aliphatic heterocycles. The maximum Gasteiger partial charge on any atom is 0.275 e. The molecule has 1 aromatic heterocycles. The highest BCUT2D eigenvalue weighted by molar-refractivity contribution is 7.99. The molecule has 0 aliphatic carbocycles. The van der Waals surface area contributed by atoms with Crippen LogP contribution in [0.25, 0.3) is 0 Å². The number of hydrogen-bond acceptors (Lipinski definition) is 5. The van der Waals surface area contributed by atoms with Crippen LogP contribution in [-0.2, 0) is 0 Å². The summed E-state index contributed by atoms with van der Waals surface area (Å²) < 4.78 is 10.9. The first-order valence-electron chi connectivity index (χ1n) is 7.96. The van der Waals surface area contributed by atoms with Crippen molar-refractivity contribution in [1.29, 1.82) is 0 Å². The summed E-state index contributed by atoms with van der Waals surface area (Å²) in [6.45, 7) is 1.93. The van der Waals surface area contributed by atoms with Crippen molar-refractivity contribution < 1.29 is 13.9 Å². The lowest BCUT2D eigenvalue weighted by Crippen LogP contribution is -2.18. The Balaban J connectivity index is 1.61. The molecule has 3 aromatic rings. The summed E-state index contributed by atoms with van der Waals surface area (Å²) in [5.74, 6) is 0.723. The number of furan rings is 1. The van der Waals surface area contributed by atoms with Gasteiger partial charge in [0.05, 0.1) is 18.9 Å². The molecule has 6 heteroatoms. The Morgan fingerprint density at radius 1 is 1.15 bits per heavy atom. The van der Waals surface area contributed by atoms with Crippen LogP contribution in [-0.4, -0.2) is 19.2 Å². The molecule has 5 nitrogen and oxygen atoms in total. The number of hydrogen-bond donors (Lipinski definition) is 1. The van der Waals surface area contributed by atoms with Crippen LogP contribution in [0.1, 0.15) is 21.7 Å². The molecule has 0 bridgehead atoms. The second kappa shape index (κ2) is 8.40. The second-order valence-electron chi connectivity index (χ2n) is 5.47. The fourth-order valence-electron chi connectivity index (χ4n) is 2.26. The smallest absolute Gasteiger partial charge is 0.275 e. The monoisotopic (exact) mass is 366 g/mol. The Hall–Kier alpha value is -2.99. The predicted molar refractivity (Wildman–Crippen MR) is 102 cm³/mol. The number of carbonyl (C=O) groups excluding carboxylic acids is 1. The van der Waals surface area contributed by atoms with Gasteiger partial charge in [-0.2, -0.15) is 5.10 Å². The lowest BCUT2D eigenvalue weighted by molar-refractivity contribution is 0.0952. The summed E-state index contributed by atoms with van der Waals surface area (Å²) >= 11 is 1.52. The summed E-state index contributed by atoms with van der Waals surface area (Å²) in [5, 5.41) is 4.71. The number of rotatable bonds is 6. The predicted octanol–water partition coefficient (Wildman–Crippen LogP) is 4.51. The second-order valence-corrected chi connectivity index (χ2v) is 6.55. The van der Waals surface area contributed by atoms with E-state index in [4.69, 9.17) is 9.15 Å². The van der Waals surface area contributed by atoms with Gasteiger partial charge >= 0.3 is 0 Å². The molecular weight excluding hydrogens is 348 g/mol. The maximum atomic E-state index is 12.2. The zero-order chi connectivity index (χ0) is 18.4. The van der Waals surface area contributed by atoms with Gasteiger partial charge in [0.2, 0.25) is 0 Å². The van der Waals surface area contributed by atoms with Crippen LogP contribution in [0.3, 0.4) is 0 Å². The molecule has 0 saturated carbocycles. The van der Waals surface area contributed by atoms with Gasteiger partial charge in [-0.3, -0.25) is 4.79 Å². The van der Waals surface area contributed by atoms with Crippen LogP contribution in [0.5, 0.6) is 5.75 Å². The van der Waals surface area contributed by atoms with E-state index < -0.39 is 0 Å². The minimum absolute atomic E-state index is 0.344. The topological polar surface area (TPSA) is 63.8 Å². The summed E-state index contributed by atoms with van der Waals surface area (Å²) in [4.78, 5) is 13.3. The molecule has 132 valence electrons. The van der Waals surface area contributed by atoms with Crippen molar-refractivity contribution in [1.82, 2.24) is 5.43 Å². The van der Waals surface area contributed by atoms with E-state index in [0.717, 1.165) is 15.6 Å². The molecule has 1 N–H and O–H groups in total. The average Bonchev–Trinajstić information content (AvgIpc) is 3.09. The lowest BCUT2D eigenvalue weighted by atomic mass is 10.1. The molecule has 3 rings (SSSR count). The number of amides is 1. The first kappa shape index (κ1) is 17.8. The summed E-state index contributed by atoms with van der Waals surface area (Å²) in [6, 6.07) is 19.0. The van der Waals surface area contributed by atoms with Crippen molar-refractivity contribution in [3.8, 4) is 5.75 Å². The van der Waals surface area contributed by atoms with Crippen LogP contribution < -0.4 is 10.2 Å². The van der Waals surface area contributed by atoms with Gasteiger partial charge < -0.3 is 9.15 Å². The van der Waals surface area contributed by atoms with Crippen molar-refractivity contribution in [3.63, 3.8) is 0 Å². The molecule has 0 fully saturated rings. The molecule has 0 atom stereocenters. The molecule has 26 heavy (non-hydrogen) atoms. The number of carbonyl (C=O) groups is 1. The van der Waals surface area contributed by atoms with E-state index in [9.17, 15) is 4.79 Å². The third-order valence-corrected chi connectivity index (χ3v) is 4.45. The van der Waals surface area contributed by atoms with E-state index in [1.807, 2.05) is 49.4 Å². The molecule has 0 spiro atoms. The van der Waals surface area contributed by atoms with Crippen LogP contribution in [0.15, 0.2) is 80.2 Å². The van der Waals surface area contributed by atoms with Gasteiger partial charge in [0.1, 0.15) is 11.5 Å². The molecule has 0 aliphatic rings. The van der Waals surface area contributed by atoms with Crippen LogP contribution >= 0.6 is 11.8 Å². The summed E-state index contributed by atoms with van der Waals surface area (Å²) in [5.41, 5.74) is 3.92. The SMILES string of the molecule is COc1cc(C)ccc1C(=O)N/N=C\c1ccc(Sc2ccccc2)o1. The van der Waals surface area contributed by atoms with Crippen molar-refractivity contribution in [2.75, 3.05) is 7.11 Å². The zero-order valence-electron chi connectivity index (χ0n) is 14.4. The number of ether oxygens (including phenoxy) is 1. The number of benzene rings is 2. The first-order valence-corrected chi connectivity index (χ1v) is 8.78. The van der Waals surface area contributed by atoms with Crippen molar-refractivity contribution in [2.45, 2.75) is 16.9 Å². The minimum atomic E-state index is -0.344. The third kappa shape index (κ3) is 4.55. The van der Waals surface area contributed by atoms with Gasteiger partial charge in [0.25, 0.3) is 5.91 Å². The Bertz CT molecular complexity index is 920. The molecule has 1 amide bonds. The number of nitrogens with zero attached hydrogens (tertiary/aromatic N) is 1. The summed E-state index contributed by atoms with van der Waals surface area (Å²) in [6.07, 6.45) is 1.47. The molecule has 0 unspecified atom stereocenters. The quantitative estimate of drug-likeness (QED) is 0.515. The molecular formula is C20H18N2O3S. The van der Waals surface area contributed by atoms with Crippen LogP contribution in [0.4, 0.5) is 0 Å². The Labute approximate surface area is 156 Å². The standard InChI is InChI=1S/C20H18N2O3S/c1-14-8-10-17(18(12-14)24-2)20(23)22-21-13-15-9-11-19(25-15)26-16-6-4-3-5-7-16/h3-13H,1-2H3,(H,22,23)/b21-13-. The van der Waals surface area contributed by atoms with E-state index in [0.29, 0.717) is 17.1 Å². The summed E-state index contributed by atoms with van der Waals surface area (Å²) in [7, 11) is 1.53. The van der Waals surface area contributed by atoms with E-state index in [1.54, 1.807) is 18.2 Å². The van der Waals surface area contributed by atoms with Gasteiger partial charge in [-0.15, -0.1) is 0 Å². The van der Waals surface area contributed by atoms with Crippen molar-refractivity contribution in [2.24, 2.45) is 5.10 Å². The van der Waals surface area contributed by atoms with E-state index in [1.165, 1.54) is 25.1 Å². The van der Waals surface area contributed by atoms with Crippen LogP contribution in [0, 0.1) is 6.92 Å². The van der Waals surface area contributed by atoms with E-state index in [2.05, 4.69) is 10.5 Å². The average molecular weight is 366 g/mol. The van der Waals surface area contributed by atoms with Gasteiger partial charge in [0, 0.05) is 4.90 Å². The molecule has 2 aromatic carbocycles. The van der Waals surface area contributed by atoms with Gasteiger partial charge in [0.15, 0.2) is 5.09 Å². The van der Waals surface area contributed by atoms with Crippen molar-refractivity contribution in [3.05, 3.63) is 77.6 Å². The van der Waals surface area contributed by atoms with Crippen LogP contribution in [0.2, 0.25) is 0 Å². The van der Waals surface area contributed by atoms with Gasteiger partial charge in [-0.1, -0.05) is 36.0 Å². The van der Waals surface area contributed by atoms with E-state index in [-0.39, 0.29) is 5.91 Å².